The van der Waals surface area contributed by atoms with E-state index >= 15 is 0 Å². The van der Waals surface area contributed by atoms with E-state index in [4.69, 9.17) is 30.2 Å². The van der Waals surface area contributed by atoms with Gasteiger partial charge in [0.25, 0.3) is 5.91 Å². The van der Waals surface area contributed by atoms with E-state index < -0.39 is 23.6 Å². The van der Waals surface area contributed by atoms with Gasteiger partial charge >= 0.3 is 5.63 Å². The third-order valence-electron chi connectivity index (χ3n) is 5.07. The molecule has 2 atom stereocenters. The van der Waals surface area contributed by atoms with Crippen molar-refractivity contribution in [3.05, 3.63) is 80.9 Å². The Morgan fingerprint density at radius 1 is 1.03 bits per heavy atom. The molecule has 2 aromatic carbocycles. The predicted molar refractivity (Wildman–Crippen MR) is 109 cm³/mol. The molecule has 0 saturated heterocycles. The molecule has 3 heterocycles. The Kier molecular flexibility index (Phi) is 4.40. The minimum Gasteiger partial charge on any atom is -0.479 e. The maximum atomic E-state index is 13.1. The zero-order valence-corrected chi connectivity index (χ0v) is 16.6. The summed E-state index contributed by atoms with van der Waals surface area (Å²) in [4.78, 5) is 25.8. The lowest BCUT2D eigenvalue weighted by molar-refractivity contribution is -0.122. The zero-order valence-electron chi connectivity index (χ0n) is 15.8. The van der Waals surface area contributed by atoms with E-state index in [1.807, 2.05) is 0 Å². The monoisotopic (exact) mass is 425 g/mol. The number of ether oxygens (including phenoxy) is 3. The number of carbonyl (C=O) groups excluding carboxylic acids is 1. The van der Waals surface area contributed by atoms with Crippen molar-refractivity contribution in [3.8, 4) is 17.2 Å². The fourth-order valence-electron chi connectivity index (χ4n) is 3.73. The number of rotatable bonds is 3. The number of fused-ring (bicyclic) bond motifs is 2. The van der Waals surface area contributed by atoms with Gasteiger partial charge in [-0.3, -0.25) is 4.79 Å². The molecular formula is C22H16ClNO6. The van der Waals surface area contributed by atoms with Crippen molar-refractivity contribution in [2.24, 2.45) is 0 Å². The highest BCUT2D eigenvalue weighted by Gasteiger charge is 2.43. The lowest BCUT2D eigenvalue weighted by atomic mass is 9.88. The third-order valence-corrected chi connectivity index (χ3v) is 5.32. The molecule has 1 aromatic heterocycles. The van der Waals surface area contributed by atoms with Crippen LogP contribution >= 0.6 is 11.6 Å². The Morgan fingerprint density at radius 3 is 2.60 bits per heavy atom. The molecule has 152 valence electrons. The van der Waals surface area contributed by atoms with Crippen LogP contribution in [0.3, 0.4) is 0 Å². The minimum atomic E-state index is -0.972. The van der Waals surface area contributed by atoms with E-state index in [1.165, 1.54) is 0 Å². The third kappa shape index (κ3) is 3.17. The van der Waals surface area contributed by atoms with E-state index in [1.54, 1.807) is 55.5 Å². The number of carbonyl (C=O) groups is 1. The lowest BCUT2D eigenvalue weighted by Gasteiger charge is -2.19. The molecule has 8 heteroatoms. The van der Waals surface area contributed by atoms with E-state index in [2.05, 4.69) is 5.32 Å². The fourth-order valence-corrected chi connectivity index (χ4v) is 3.85. The highest BCUT2D eigenvalue weighted by molar-refractivity contribution is 6.30. The highest BCUT2D eigenvalue weighted by atomic mass is 35.5. The van der Waals surface area contributed by atoms with E-state index in [0.717, 1.165) is 0 Å². The van der Waals surface area contributed by atoms with Crippen LogP contribution in [0.15, 0.2) is 57.7 Å². The van der Waals surface area contributed by atoms with Crippen molar-refractivity contribution < 1.29 is 23.4 Å². The molecule has 0 aliphatic carbocycles. The van der Waals surface area contributed by atoms with Gasteiger partial charge in [-0.25, -0.2) is 4.79 Å². The quantitative estimate of drug-likeness (QED) is 0.685. The summed E-state index contributed by atoms with van der Waals surface area (Å²) in [6.45, 7) is 1.78. The summed E-state index contributed by atoms with van der Waals surface area (Å²) >= 11 is 5.91. The van der Waals surface area contributed by atoms with Gasteiger partial charge in [-0.05, 0) is 48.9 Å². The number of halogens is 1. The second-order valence-electron chi connectivity index (χ2n) is 7.05. The van der Waals surface area contributed by atoms with Gasteiger partial charge in [-0.1, -0.05) is 17.7 Å². The normalized spacial score (nSPS) is 18.6. The first-order chi connectivity index (χ1) is 14.5. The second-order valence-corrected chi connectivity index (χ2v) is 7.48. The molecule has 30 heavy (non-hydrogen) atoms. The van der Waals surface area contributed by atoms with Gasteiger partial charge in [0, 0.05) is 16.8 Å². The van der Waals surface area contributed by atoms with E-state index in [0.29, 0.717) is 44.8 Å². The number of hydrogen-bond acceptors (Lipinski definition) is 6. The van der Waals surface area contributed by atoms with Gasteiger partial charge in [-0.2, -0.15) is 0 Å². The maximum Gasteiger partial charge on any atom is 0.343 e. The van der Waals surface area contributed by atoms with Gasteiger partial charge in [0.1, 0.15) is 11.5 Å². The molecule has 1 N–H and O–H groups in total. The number of anilines is 1. The molecule has 0 fully saturated rings. The summed E-state index contributed by atoms with van der Waals surface area (Å²) in [5.74, 6) is 0.835. The lowest BCUT2D eigenvalue weighted by Crippen LogP contribution is -2.35. The molecular weight excluding hydrogens is 410 g/mol. The SMILES string of the molecule is Cc1cc2c(c(=O)o1)C(c1ccc3c(c1)OCO3)C(C(=O)Nc1ccc(Cl)cc1)O2. The van der Waals surface area contributed by atoms with Crippen LogP contribution in [-0.4, -0.2) is 18.8 Å². The number of aryl methyl sites for hydroxylation is 1. The summed E-state index contributed by atoms with van der Waals surface area (Å²) < 4.78 is 22.1. The number of nitrogens with one attached hydrogen (secondary N) is 1. The molecule has 0 bridgehead atoms. The first-order valence-corrected chi connectivity index (χ1v) is 9.64. The Balaban J connectivity index is 1.55. The molecule has 0 saturated carbocycles. The van der Waals surface area contributed by atoms with Crippen molar-refractivity contribution in [2.45, 2.75) is 18.9 Å². The summed E-state index contributed by atoms with van der Waals surface area (Å²) in [5, 5.41) is 3.38. The summed E-state index contributed by atoms with van der Waals surface area (Å²) in [6, 6.07) is 13.6. The molecule has 5 rings (SSSR count). The van der Waals surface area contributed by atoms with Crippen LogP contribution in [0, 0.1) is 6.92 Å². The van der Waals surface area contributed by atoms with Gasteiger partial charge in [0.2, 0.25) is 6.79 Å². The Labute approximate surface area is 176 Å². The van der Waals surface area contributed by atoms with Gasteiger partial charge in [0.15, 0.2) is 17.6 Å². The second kappa shape index (κ2) is 7.11. The van der Waals surface area contributed by atoms with Gasteiger partial charge in [-0.15, -0.1) is 0 Å². The van der Waals surface area contributed by atoms with Crippen molar-refractivity contribution in [2.75, 3.05) is 12.1 Å². The van der Waals surface area contributed by atoms with Gasteiger partial charge < -0.3 is 23.9 Å². The smallest absolute Gasteiger partial charge is 0.343 e. The average molecular weight is 426 g/mol. The van der Waals surface area contributed by atoms with Crippen LogP contribution in [0.25, 0.3) is 0 Å². The van der Waals surface area contributed by atoms with Crippen LogP contribution in [0.5, 0.6) is 17.2 Å². The molecule has 2 aliphatic rings. The standard InChI is InChI=1S/C22H16ClNO6/c1-11-8-17-19(22(26)29-11)18(12-2-7-15-16(9-12)28-10-27-15)20(30-17)21(25)24-14-5-3-13(23)4-6-14/h2-9,18,20H,10H2,1H3,(H,24,25). The Bertz CT molecular complexity index is 1200. The van der Waals surface area contributed by atoms with Crippen LogP contribution in [0.4, 0.5) is 5.69 Å². The summed E-state index contributed by atoms with van der Waals surface area (Å²) in [6.07, 6.45) is -0.972. The first kappa shape index (κ1) is 18.6. The average Bonchev–Trinajstić information content (AvgIpc) is 3.33. The van der Waals surface area contributed by atoms with Crippen molar-refractivity contribution in [1.82, 2.24) is 0 Å². The Morgan fingerprint density at radius 2 is 1.80 bits per heavy atom. The molecule has 0 spiro atoms. The molecule has 2 unspecified atom stereocenters. The van der Waals surface area contributed by atoms with Crippen molar-refractivity contribution >= 4 is 23.2 Å². The van der Waals surface area contributed by atoms with Crippen LogP contribution in [0.1, 0.15) is 22.8 Å². The number of hydrogen-bond donors (Lipinski definition) is 1. The fraction of sp³-hybridized carbons (Fsp3) is 0.182. The Hall–Kier alpha value is -3.45. The van der Waals surface area contributed by atoms with Crippen LogP contribution in [0.2, 0.25) is 5.02 Å². The van der Waals surface area contributed by atoms with Crippen LogP contribution in [-0.2, 0) is 4.79 Å². The maximum absolute atomic E-state index is 13.1. The topological polar surface area (TPSA) is 87.0 Å². The minimum absolute atomic E-state index is 0.123. The van der Waals surface area contributed by atoms with Crippen LogP contribution < -0.4 is 25.2 Å². The van der Waals surface area contributed by atoms with Crippen molar-refractivity contribution in [1.29, 1.82) is 0 Å². The molecule has 2 aliphatic heterocycles. The van der Waals surface area contributed by atoms with Crippen molar-refractivity contribution in [3.63, 3.8) is 0 Å². The van der Waals surface area contributed by atoms with E-state index in [9.17, 15) is 9.59 Å². The highest BCUT2D eigenvalue weighted by Crippen LogP contribution is 2.44. The van der Waals surface area contributed by atoms with E-state index in [-0.39, 0.29) is 6.79 Å². The first-order valence-electron chi connectivity index (χ1n) is 9.27. The molecule has 1 amide bonds. The zero-order chi connectivity index (χ0) is 20.8. The summed E-state index contributed by atoms with van der Waals surface area (Å²) in [5.41, 5.74) is 1.02. The number of amides is 1. The molecule has 3 aromatic rings. The largest absolute Gasteiger partial charge is 0.479 e. The summed E-state index contributed by atoms with van der Waals surface area (Å²) in [7, 11) is 0. The predicted octanol–water partition coefficient (Wildman–Crippen LogP) is 3.86. The molecule has 7 nitrogen and oxygen atoms in total. The molecule has 0 radical (unpaired) electrons. The number of benzene rings is 2. The van der Waals surface area contributed by atoms with Gasteiger partial charge in [0.05, 0.1) is 11.5 Å².